The first-order valence-electron chi connectivity index (χ1n) is 10.5. The summed E-state index contributed by atoms with van der Waals surface area (Å²) in [5.74, 6) is 0. The number of aliphatic hydroxyl groups excluding tert-OH is 2. The monoisotopic (exact) mass is 401 g/mol. The molecule has 1 aliphatic carbocycles. The standard InChI is InChI=1S/C27H31NO2/c1-20-15-22(17-28-27(18-29)19-30)11-12-24(20)14-13-23-9-6-10-26(16-21(23)2)25-7-4-3-5-8-25/h3-15,27-30H,16-19H2,1-2H3/b14-13+. The molecule has 30 heavy (non-hydrogen) atoms. The SMILES string of the molecule is CC1=C(/C=C/c2ccc(CNC(CO)CO)cc2C)C=CC=C(c2ccccc2)C1. The first-order valence-corrected chi connectivity index (χ1v) is 10.5. The molecular weight excluding hydrogens is 370 g/mol. The van der Waals surface area contributed by atoms with Gasteiger partial charge in [-0.1, -0.05) is 84.5 Å². The van der Waals surface area contributed by atoms with Crippen molar-refractivity contribution in [1.29, 1.82) is 0 Å². The zero-order valence-corrected chi connectivity index (χ0v) is 17.8. The number of hydrogen-bond donors (Lipinski definition) is 3. The molecule has 0 saturated heterocycles. The number of nitrogens with one attached hydrogen (secondary N) is 1. The van der Waals surface area contributed by atoms with Crippen LogP contribution in [0.3, 0.4) is 0 Å². The van der Waals surface area contributed by atoms with E-state index in [1.165, 1.54) is 33.4 Å². The van der Waals surface area contributed by atoms with Crippen LogP contribution in [0.2, 0.25) is 0 Å². The molecule has 3 nitrogen and oxygen atoms in total. The molecule has 1 aliphatic rings. The fraction of sp³-hybridized carbons (Fsp3) is 0.259. The summed E-state index contributed by atoms with van der Waals surface area (Å²) in [6.07, 6.45) is 11.8. The Morgan fingerprint density at radius 1 is 1.00 bits per heavy atom. The molecule has 0 unspecified atom stereocenters. The lowest BCUT2D eigenvalue weighted by atomic mass is 9.97. The zero-order chi connectivity index (χ0) is 21.3. The lowest BCUT2D eigenvalue weighted by Gasteiger charge is -2.14. The molecule has 0 fully saturated rings. The van der Waals surface area contributed by atoms with Crippen molar-refractivity contribution in [2.24, 2.45) is 0 Å². The van der Waals surface area contributed by atoms with Gasteiger partial charge >= 0.3 is 0 Å². The van der Waals surface area contributed by atoms with Gasteiger partial charge in [-0.2, -0.15) is 0 Å². The highest BCUT2D eigenvalue weighted by atomic mass is 16.3. The first kappa shape index (κ1) is 22.0. The molecule has 0 heterocycles. The van der Waals surface area contributed by atoms with Crippen LogP contribution in [-0.4, -0.2) is 29.5 Å². The average molecular weight is 402 g/mol. The van der Waals surface area contributed by atoms with E-state index in [9.17, 15) is 10.2 Å². The third-order valence-electron chi connectivity index (χ3n) is 5.48. The fourth-order valence-corrected chi connectivity index (χ4v) is 3.57. The Morgan fingerprint density at radius 3 is 2.47 bits per heavy atom. The predicted molar refractivity (Wildman–Crippen MR) is 126 cm³/mol. The van der Waals surface area contributed by atoms with E-state index >= 15 is 0 Å². The van der Waals surface area contributed by atoms with Crippen LogP contribution in [0, 0.1) is 6.92 Å². The summed E-state index contributed by atoms with van der Waals surface area (Å²) in [6.45, 7) is 4.79. The van der Waals surface area contributed by atoms with Gasteiger partial charge in [0.1, 0.15) is 0 Å². The van der Waals surface area contributed by atoms with E-state index < -0.39 is 0 Å². The van der Waals surface area contributed by atoms with Crippen LogP contribution in [0.15, 0.2) is 84.0 Å². The van der Waals surface area contributed by atoms with Crippen LogP contribution < -0.4 is 5.32 Å². The van der Waals surface area contributed by atoms with E-state index in [2.05, 4.69) is 98.1 Å². The summed E-state index contributed by atoms with van der Waals surface area (Å²) in [4.78, 5) is 0. The quantitative estimate of drug-likeness (QED) is 0.595. The molecule has 0 amide bonds. The summed E-state index contributed by atoms with van der Waals surface area (Å²) in [5.41, 5.74) is 8.74. The maximum atomic E-state index is 9.17. The lowest BCUT2D eigenvalue weighted by molar-refractivity contribution is 0.170. The summed E-state index contributed by atoms with van der Waals surface area (Å²) in [7, 11) is 0. The number of rotatable bonds is 8. The summed E-state index contributed by atoms with van der Waals surface area (Å²) in [6, 6.07) is 16.6. The van der Waals surface area contributed by atoms with Gasteiger partial charge in [0.05, 0.1) is 19.3 Å². The molecule has 0 radical (unpaired) electrons. The van der Waals surface area contributed by atoms with Gasteiger partial charge in [0, 0.05) is 6.54 Å². The van der Waals surface area contributed by atoms with Crippen molar-refractivity contribution in [3.63, 3.8) is 0 Å². The second-order valence-corrected chi connectivity index (χ2v) is 7.80. The minimum Gasteiger partial charge on any atom is -0.395 e. The van der Waals surface area contributed by atoms with E-state index in [1.54, 1.807) is 0 Å². The van der Waals surface area contributed by atoms with E-state index in [4.69, 9.17) is 0 Å². The van der Waals surface area contributed by atoms with Crippen LogP contribution in [0.4, 0.5) is 0 Å². The van der Waals surface area contributed by atoms with Crippen molar-refractivity contribution in [3.05, 3.63) is 106 Å². The number of aryl methyl sites for hydroxylation is 1. The van der Waals surface area contributed by atoms with Crippen molar-refractivity contribution in [3.8, 4) is 0 Å². The van der Waals surface area contributed by atoms with Gasteiger partial charge in [-0.25, -0.2) is 0 Å². The molecule has 0 spiro atoms. The fourth-order valence-electron chi connectivity index (χ4n) is 3.57. The first-order chi connectivity index (χ1) is 14.6. The molecule has 0 atom stereocenters. The highest BCUT2D eigenvalue weighted by molar-refractivity contribution is 5.71. The molecule has 2 aromatic rings. The predicted octanol–water partition coefficient (Wildman–Crippen LogP) is 4.81. The van der Waals surface area contributed by atoms with Gasteiger partial charge in [0.2, 0.25) is 0 Å². The van der Waals surface area contributed by atoms with Crippen LogP contribution in [0.5, 0.6) is 0 Å². The smallest absolute Gasteiger partial charge is 0.0607 e. The second kappa shape index (κ2) is 10.9. The van der Waals surface area contributed by atoms with Gasteiger partial charge in [-0.15, -0.1) is 0 Å². The highest BCUT2D eigenvalue weighted by Crippen LogP contribution is 2.28. The van der Waals surface area contributed by atoms with Crippen LogP contribution in [0.1, 0.15) is 35.6 Å². The van der Waals surface area contributed by atoms with Crippen LogP contribution in [0.25, 0.3) is 11.6 Å². The second-order valence-electron chi connectivity index (χ2n) is 7.80. The Labute approximate surface area is 179 Å². The molecule has 0 saturated carbocycles. The normalized spacial score (nSPS) is 14.5. The summed E-state index contributed by atoms with van der Waals surface area (Å²) >= 11 is 0. The van der Waals surface area contributed by atoms with Crippen molar-refractivity contribution < 1.29 is 10.2 Å². The molecule has 156 valence electrons. The molecule has 0 aliphatic heterocycles. The molecule has 0 bridgehead atoms. The van der Waals surface area contributed by atoms with Crippen molar-refractivity contribution in [2.75, 3.05) is 13.2 Å². The largest absolute Gasteiger partial charge is 0.395 e. The van der Waals surface area contributed by atoms with E-state index in [0.717, 1.165) is 12.0 Å². The maximum absolute atomic E-state index is 9.17. The average Bonchev–Trinajstić information content (AvgIpc) is 2.96. The van der Waals surface area contributed by atoms with Crippen molar-refractivity contribution in [1.82, 2.24) is 5.32 Å². The zero-order valence-electron chi connectivity index (χ0n) is 17.8. The third-order valence-corrected chi connectivity index (χ3v) is 5.48. The summed E-state index contributed by atoms with van der Waals surface area (Å²) in [5, 5.41) is 21.5. The maximum Gasteiger partial charge on any atom is 0.0607 e. The number of aliphatic hydroxyl groups is 2. The van der Waals surface area contributed by atoms with Crippen LogP contribution in [-0.2, 0) is 6.54 Å². The lowest BCUT2D eigenvalue weighted by Crippen LogP contribution is -2.35. The molecule has 3 rings (SSSR count). The highest BCUT2D eigenvalue weighted by Gasteiger charge is 2.08. The number of hydrogen-bond acceptors (Lipinski definition) is 3. The van der Waals surface area contributed by atoms with Gasteiger partial charge < -0.3 is 15.5 Å². The van der Waals surface area contributed by atoms with Crippen molar-refractivity contribution in [2.45, 2.75) is 32.9 Å². The van der Waals surface area contributed by atoms with Crippen molar-refractivity contribution >= 4 is 11.6 Å². The Bertz CT molecular complexity index is 964. The Kier molecular flexibility index (Phi) is 7.97. The molecule has 0 aromatic heterocycles. The van der Waals surface area contributed by atoms with Gasteiger partial charge in [-0.05, 0) is 53.7 Å². The molecule has 3 N–H and O–H groups in total. The minimum absolute atomic E-state index is 0.0703. The van der Waals surface area contributed by atoms with Gasteiger partial charge in [-0.3, -0.25) is 0 Å². The topological polar surface area (TPSA) is 52.5 Å². The van der Waals surface area contributed by atoms with Gasteiger partial charge in [0.25, 0.3) is 0 Å². The third kappa shape index (κ3) is 5.90. The Hall–Kier alpha value is -2.72. The Morgan fingerprint density at radius 2 is 1.77 bits per heavy atom. The molecular formula is C27H31NO2. The number of allylic oxidation sites excluding steroid dienone is 7. The van der Waals surface area contributed by atoms with Gasteiger partial charge in [0.15, 0.2) is 0 Å². The summed E-state index contributed by atoms with van der Waals surface area (Å²) < 4.78 is 0. The Balaban J connectivity index is 1.69. The minimum atomic E-state index is -0.281. The van der Waals surface area contributed by atoms with E-state index in [0.29, 0.717) is 6.54 Å². The van der Waals surface area contributed by atoms with Crippen LogP contribution >= 0.6 is 0 Å². The molecule has 2 aromatic carbocycles. The molecule has 3 heteroatoms. The number of benzene rings is 2. The van der Waals surface area contributed by atoms with E-state index in [1.807, 2.05) is 0 Å². The van der Waals surface area contributed by atoms with E-state index in [-0.39, 0.29) is 19.3 Å².